The SMILES string of the molecule is CC(=O)C[C@@H](CCC(=O)C[C@@H](CCC(=O)C[C@@H](CCC(=O)NCCOCCOCC(=O)NCCCC[C@H](NCC(=O)CCc1cnc[nH]1)C(=O)O)C(=O)O)C(=O)O)C(=O)O. The summed E-state index contributed by atoms with van der Waals surface area (Å²) < 4.78 is 10.6. The zero-order valence-corrected chi connectivity index (χ0v) is 33.9. The second kappa shape index (κ2) is 30.6. The minimum Gasteiger partial charge on any atom is -0.481 e. The Morgan fingerprint density at radius 1 is 0.633 bits per heavy atom. The molecule has 0 saturated carbocycles. The highest BCUT2D eigenvalue weighted by Crippen LogP contribution is 2.20. The number of Topliss-reactive ketones (excluding diaryl/α,β-unsaturated/α-hetero) is 4. The van der Waals surface area contributed by atoms with Gasteiger partial charge in [0, 0.05) is 69.9 Å². The number of carboxylic acids is 4. The third kappa shape index (κ3) is 25.8. The van der Waals surface area contributed by atoms with Gasteiger partial charge < -0.3 is 50.3 Å². The number of rotatable bonds is 38. The second-order valence-corrected chi connectivity index (χ2v) is 14.4. The molecule has 21 nitrogen and oxygen atoms in total. The number of aliphatic carboxylic acids is 4. The van der Waals surface area contributed by atoms with Crippen LogP contribution >= 0.6 is 0 Å². The van der Waals surface area contributed by atoms with E-state index in [0.29, 0.717) is 25.8 Å². The topological polar surface area (TPSA) is 335 Å². The summed E-state index contributed by atoms with van der Waals surface area (Å²) in [5, 5.41) is 45.7. The van der Waals surface area contributed by atoms with Gasteiger partial charge in [0.15, 0.2) is 0 Å². The molecule has 0 aliphatic rings. The van der Waals surface area contributed by atoms with Crippen LogP contribution in [0.4, 0.5) is 0 Å². The first-order chi connectivity index (χ1) is 28.5. The van der Waals surface area contributed by atoms with E-state index in [-0.39, 0.29) is 115 Å². The molecular formula is C39H59N5O16. The highest BCUT2D eigenvalue weighted by molar-refractivity contribution is 5.87. The minimum atomic E-state index is -1.34. The molecule has 0 bridgehead atoms. The number of nitrogens with one attached hydrogen (secondary N) is 4. The Balaban J connectivity index is 2.18. The number of carboxylic acid groups (broad SMARTS) is 4. The van der Waals surface area contributed by atoms with Gasteiger partial charge in [-0.3, -0.25) is 48.5 Å². The molecule has 60 heavy (non-hydrogen) atoms. The average molecular weight is 854 g/mol. The average Bonchev–Trinajstić information content (AvgIpc) is 3.71. The third-order valence-corrected chi connectivity index (χ3v) is 9.28. The van der Waals surface area contributed by atoms with Crippen molar-refractivity contribution in [1.29, 1.82) is 0 Å². The first kappa shape index (κ1) is 52.6. The number of hydrogen-bond acceptors (Lipinski definition) is 14. The van der Waals surface area contributed by atoms with Gasteiger partial charge in [0.2, 0.25) is 11.8 Å². The fraction of sp³-hybridized carbons (Fsp3) is 0.667. The molecule has 0 aromatic carbocycles. The van der Waals surface area contributed by atoms with E-state index in [4.69, 9.17) is 9.47 Å². The minimum absolute atomic E-state index is 0.0652. The molecule has 21 heteroatoms. The number of carbonyl (C=O) groups excluding carboxylic acids is 6. The van der Waals surface area contributed by atoms with Crippen LogP contribution < -0.4 is 16.0 Å². The van der Waals surface area contributed by atoms with Crippen molar-refractivity contribution in [2.24, 2.45) is 17.8 Å². The number of unbranched alkanes of at least 4 members (excludes halogenated alkanes) is 1. The molecule has 4 atom stereocenters. The van der Waals surface area contributed by atoms with E-state index in [9.17, 15) is 68.4 Å². The van der Waals surface area contributed by atoms with E-state index in [1.807, 2.05) is 0 Å². The Labute approximate surface area is 347 Å². The summed E-state index contributed by atoms with van der Waals surface area (Å²) in [6, 6.07) is -0.893. The second-order valence-electron chi connectivity index (χ2n) is 14.4. The first-order valence-corrected chi connectivity index (χ1v) is 19.8. The molecule has 2 amide bonds. The predicted octanol–water partition coefficient (Wildman–Crippen LogP) is 0.731. The van der Waals surface area contributed by atoms with Gasteiger partial charge in [0.1, 0.15) is 35.8 Å². The number of imidazole rings is 1. The van der Waals surface area contributed by atoms with Gasteiger partial charge in [-0.2, -0.15) is 0 Å². The number of amides is 2. The quantitative estimate of drug-likeness (QED) is 0.0425. The zero-order chi connectivity index (χ0) is 44.9. The van der Waals surface area contributed by atoms with Crippen molar-refractivity contribution in [2.45, 2.75) is 103 Å². The smallest absolute Gasteiger partial charge is 0.320 e. The summed E-state index contributed by atoms with van der Waals surface area (Å²) in [7, 11) is 0. The van der Waals surface area contributed by atoms with Crippen LogP contribution in [-0.4, -0.2) is 141 Å². The van der Waals surface area contributed by atoms with Crippen LogP contribution in [0.3, 0.4) is 0 Å². The monoisotopic (exact) mass is 853 g/mol. The van der Waals surface area contributed by atoms with Gasteiger partial charge in [-0.1, -0.05) is 0 Å². The van der Waals surface area contributed by atoms with Crippen molar-refractivity contribution in [3.05, 3.63) is 18.2 Å². The van der Waals surface area contributed by atoms with Crippen LogP contribution in [0, 0.1) is 17.8 Å². The van der Waals surface area contributed by atoms with Gasteiger partial charge in [-0.05, 0) is 51.9 Å². The van der Waals surface area contributed by atoms with Crippen molar-refractivity contribution in [3.63, 3.8) is 0 Å². The van der Waals surface area contributed by atoms with Crippen LogP contribution in [0.15, 0.2) is 12.5 Å². The van der Waals surface area contributed by atoms with Gasteiger partial charge >= 0.3 is 23.9 Å². The number of hydrogen-bond donors (Lipinski definition) is 8. The molecule has 0 aliphatic heterocycles. The number of aromatic amines is 1. The summed E-state index contributed by atoms with van der Waals surface area (Å²) in [6.45, 7) is 1.63. The summed E-state index contributed by atoms with van der Waals surface area (Å²) in [5.74, 6) is -10.9. The lowest BCUT2D eigenvalue weighted by atomic mass is 9.89. The molecule has 0 saturated heterocycles. The van der Waals surface area contributed by atoms with E-state index in [1.54, 1.807) is 6.20 Å². The van der Waals surface area contributed by atoms with Gasteiger partial charge in [0.25, 0.3) is 0 Å². The van der Waals surface area contributed by atoms with E-state index in [2.05, 4.69) is 25.9 Å². The summed E-state index contributed by atoms with van der Waals surface area (Å²) in [6.07, 6.45) is 2.70. The Morgan fingerprint density at radius 3 is 1.75 bits per heavy atom. The summed E-state index contributed by atoms with van der Waals surface area (Å²) in [5.41, 5.74) is 0.817. The molecule has 0 radical (unpaired) electrons. The molecule has 0 unspecified atom stereocenters. The van der Waals surface area contributed by atoms with Gasteiger partial charge in [-0.15, -0.1) is 0 Å². The van der Waals surface area contributed by atoms with Crippen molar-refractivity contribution >= 4 is 58.8 Å². The zero-order valence-electron chi connectivity index (χ0n) is 33.9. The molecule has 1 aromatic heterocycles. The molecule has 1 heterocycles. The van der Waals surface area contributed by atoms with Gasteiger partial charge in [-0.25, -0.2) is 4.98 Å². The van der Waals surface area contributed by atoms with Crippen molar-refractivity contribution in [1.82, 2.24) is 25.9 Å². The van der Waals surface area contributed by atoms with Crippen LogP contribution in [0.1, 0.15) is 96.1 Å². The molecular weight excluding hydrogens is 794 g/mol. The van der Waals surface area contributed by atoms with Crippen LogP contribution in [0.25, 0.3) is 0 Å². The Kier molecular flexibility index (Phi) is 26.8. The summed E-state index contributed by atoms with van der Waals surface area (Å²) in [4.78, 5) is 125. The lowest BCUT2D eigenvalue weighted by molar-refractivity contribution is -0.146. The normalized spacial score (nSPS) is 13.0. The predicted molar refractivity (Wildman–Crippen MR) is 208 cm³/mol. The Morgan fingerprint density at radius 2 is 1.20 bits per heavy atom. The number of ether oxygens (including phenoxy) is 2. The number of ketones is 4. The fourth-order valence-electron chi connectivity index (χ4n) is 5.84. The largest absolute Gasteiger partial charge is 0.481 e. The van der Waals surface area contributed by atoms with Gasteiger partial charge in [0.05, 0.1) is 50.4 Å². The fourth-order valence-corrected chi connectivity index (χ4v) is 5.84. The number of H-pyrrole nitrogens is 1. The highest BCUT2D eigenvalue weighted by atomic mass is 16.5. The molecule has 0 spiro atoms. The molecule has 8 N–H and O–H groups in total. The molecule has 1 aromatic rings. The van der Waals surface area contributed by atoms with E-state index in [1.165, 1.54) is 13.3 Å². The Hall–Kier alpha value is -5.41. The third-order valence-electron chi connectivity index (χ3n) is 9.28. The van der Waals surface area contributed by atoms with Crippen LogP contribution in [-0.2, 0) is 63.8 Å². The molecule has 1 rings (SSSR count). The number of nitrogens with zero attached hydrogens (tertiary/aromatic N) is 1. The van der Waals surface area contributed by atoms with E-state index in [0.717, 1.165) is 5.69 Å². The first-order valence-electron chi connectivity index (χ1n) is 19.8. The standard InChI is InChI=1S/C39H59N5O16/c1-25(45)18-26(36(51)52)5-9-30(46)19-27(37(53)54)6-10-31(47)20-28(38(55)56)7-12-34(49)42-14-15-59-16-17-60-23-35(50)41-13-3-2-4-33(39(57)58)43-22-32(48)11-8-29-21-40-24-44-29/h21,24,26-28,33,43H,2-20,22-23H2,1H3,(H,40,44)(H,41,50)(H,42,49)(H,51,52)(H,53,54)(H,55,56)(H,57,58)/t26-,27-,28-,33+/m1/s1. The van der Waals surface area contributed by atoms with E-state index < -0.39 is 78.0 Å². The van der Waals surface area contributed by atoms with Crippen molar-refractivity contribution in [2.75, 3.05) is 46.1 Å². The number of carbonyl (C=O) groups is 10. The van der Waals surface area contributed by atoms with E-state index >= 15 is 0 Å². The maximum Gasteiger partial charge on any atom is 0.320 e. The maximum atomic E-state index is 12.5. The number of aromatic nitrogens is 2. The molecule has 0 aliphatic carbocycles. The lowest BCUT2D eigenvalue weighted by Gasteiger charge is -2.14. The van der Waals surface area contributed by atoms with Crippen LogP contribution in [0.2, 0.25) is 0 Å². The summed E-state index contributed by atoms with van der Waals surface area (Å²) >= 11 is 0. The lowest BCUT2D eigenvalue weighted by Crippen LogP contribution is -2.40. The van der Waals surface area contributed by atoms with Crippen molar-refractivity contribution in [3.8, 4) is 0 Å². The molecule has 0 fully saturated rings. The van der Waals surface area contributed by atoms with Crippen molar-refractivity contribution < 1.29 is 77.8 Å². The maximum absolute atomic E-state index is 12.5. The van der Waals surface area contributed by atoms with Crippen LogP contribution in [0.5, 0.6) is 0 Å². The highest BCUT2D eigenvalue weighted by Gasteiger charge is 2.27. The number of aryl methyl sites for hydroxylation is 1. The Bertz CT molecular complexity index is 1570. The molecule has 336 valence electrons.